The molecule has 28 nitrogen and oxygen atoms in total. The van der Waals surface area contributed by atoms with Crippen LogP contribution >= 0.6 is 0 Å². The zero-order valence-electron chi connectivity index (χ0n) is 50.5. The van der Waals surface area contributed by atoms with Crippen molar-refractivity contribution in [3.8, 4) is 67.5 Å². The lowest BCUT2D eigenvalue weighted by Gasteiger charge is -2.39. The summed E-state index contributed by atoms with van der Waals surface area (Å²) in [6.07, 6.45) is -23.4. The van der Waals surface area contributed by atoms with E-state index >= 15 is 0 Å². The Bertz CT molecular complexity index is 3610. The first kappa shape index (κ1) is 66.5. The number of benzene rings is 4. The predicted octanol–water partition coefficient (Wildman–Crippen LogP) is 0.0384. The van der Waals surface area contributed by atoms with Crippen LogP contribution in [0.25, 0.3) is 90.9 Å². The van der Waals surface area contributed by atoms with E-state index in [2.05, 4.69) is 9.97 Å². The average Bonchev–Trinajstić information content (AvgIpc) is 1.66. The Hall–Kier alpha value is -8.12. The van der Waals surface area contributed by atoms with Crippen molar-refractivity contribution in [2.24, 2.45) is 0 Å². The van der Waals surface area contributed by atoms with Gasteiger partial charge in [0.25, 0.3) is 0 Å². The van der Waals surface area contributed by atoms with Gasteiger partial charge < -0.3 is 130 Å². The third kappa shape index (κ3) is 12.8. The number of nitrogens with one attached hydrogen (secondary N) is 2. The van der Waals surface area contributed by atoms with Crippen LogP contribution in [-0.2, 0) is 18.9 Å². The lowest BCUT2D eigenvalue weighted by molar-refractivity contribution is -0.277. The van der Waals surface area contributed by atoms with Crippen LogP contribution in [0, 0.1) is 0 Å². The van der Waals surface area contributed by atoms with Gasteiger partial charge in [0.05, 0.1) is 49.2 Å². The van der Waals surface area contributed by atoms with Crippen LogP contribution < -0.4 is 18.9 Å². The number of hydrogen-bond donors (Lipinski definition) is 18. The molecule has 0 spiro atoms. The molecule has 6 aliphatic rings. The van der Waals surface area contributed by atoms with Gasteiger partial charge in [0.2, 0.25) is 25.2 Å². The van der Waals surface area contributed by atoms with Crippen molar-refractivity contribution in [1.29, 1.82) is 0 Å². The fourth-order valence-corrected chi connectivity index (χ4v) is 12.4. The number of aliphatic hydroxyl groups excluding tert-OH is 16. The Balaban J connectivity index is 0.980. The Morgan fingerprint density at radius 1 is 0.271 bits per heavy atom. The molecule has 7 aromatic rings. The van der Waals surface area contributed by atoms with Gasteiger partial charge in [-0.25, -0.2) is 9.97 Å². The molecule has 96 heavy (non-hydrogen) atoms. The minimum Gasteiger partial charge on any atom is -0.462 e. The fourth-order valence-electron chi connectivity index (χ4n) is 12.4. The second kappa shape index (κ2) is 27.8. The van der Waals surface area contributed by atoms with Gasteiger partial charge in [-0.1, -0.05) is 48.5 Å². The van der Waals surface area contributed by atoms with Crippen molar-refractivity contribution in [2.75, 3.05) is 26.4 Å². The Labute approximate surface area is 544 Å². The number of fused-ring (bicyclic) bond motifs is 8. The van der Waals surface area contributed by atoms with Crippen molar-refractivity contribution in [2.45, 2.75) is 123 Å². The summed E-state index contributed by atoms with van der Waals surface area (Å²) in [5.74, 6) is 0.772. The van der Waals surface area contributed by atoms with Gasteiger partial charge in [0.15, 0.2) is 0 Å². The van der Waals surface area contributed by atoms with Crippen LogP contribution in [0.4, 0.5) is 0 Å². The minimum absolute atomic E-state index is 0.193. The van der Waals surface area contributed by atoms with Crippen molar-refractivity contribution < 1.29 is 120 Å². The Morgan fingerprint density at radius 3 is 0.656 bits per heavy atom. The molecule has 8 bridgehead atoms. The topological polar surface area (TPSA) is 455 Å². The minimum atomic E-state index is -1.69. The molecular formula is C68H70N4O24. The van der Waals surface area contributed by atoms with Gasteiger partial charge in [-0.2, -0.15) is 0 Å². The van der Waals surface area contributed by atoms with E-state index < -0.39 is 149 Å². The Morgan fingerprint density at radius 2 is 0.469 bits per heavy atom. The Kier molecular flexibility index (Phi) is 19.2. The number of rotatable bonds is 16. The van der Waals surface area contributed by atoms with Crippen LogP contribution in [0.3, 0.4) is 0 Å². The number of H-pyrrole nitrogens is 2. The third-order valence-corrected chi connectivity index (χ3v) is 17.7. The van der Waals surface area contributed by atoms with Crippen molar-refractivity contribution in [1.82, 2.24) is 19.9 Å². The molecule has 506 valence electrons. The molecule has 20 atom stereocenters. The van der Waals surface area contributed by atoms with Gasteiger partial charge in [0, 0.05) is 44.3 Å². The first-order chi connectivity index (χ1) is 46.3. The number of hydrogen-bond acceptors (Lipinski definition) is 26. The first-order valence-corrected chi connectivity index (χ1v) is 30.8. The maximum Gasteiger partial charge on any atom is 0.229 e. The van der Waals surface area contributed by atoms with Crippen molar-refractivity contribution in [3.05, 3.63) is 144 Å². The molecule has 4 fully saturated rings. The highest BCUT2D eigenvalue weighted by atomic mass is 16.7. The van der Waals surface area contributed by atoms with Crippen LogP contribution in [0.15, 0.2) is 121 Å². The van der Waals surface area contributed by atoms with E-state index in [-0.39, 0.29) is 23.0 Å². The third-order valence-electron chi connectivity index (χ3n) is 17.7. The van der Waals surface area contributed by atoms with E-state index in [1.807, 2.05) is 48.6 Å². The number of aliphatic hydroxyl groups is 16. The van der Waals surface area contributed by atoms with Crippen LogP contribution in [0.2, 0.25) is 0 Å². The number of ether oxygens (including phenoxy) is 8. The van der Waals surface area contributed by atoms with Crippen molar-refractivity contribution in [3.63, 3.8) is 0 Å². The molecule has 0 radical (unpaired) electrons. The lowest BCUT2D eigenvalue weighted by Crippen LogP contribution is -2.60. The SMILES string of the molecule is OCC1O[C@@H](Oc2ccc(-c3c4nc(c(-c5ccc(O[C@@H]6OC(CO)[C@@H](O)C(O)C6O)cc5)c5ccc([nH]5)c(-c5ccc(O[C@@H]6OC(CO)[C@@H](O)C(O)C6O)cc5)c5nc(c(-c6ccc(OC7O[C@H](CO)C(O)C(O)[C@H]7O)cc6)c6ccc3[nH]6)C=C5)C=C4)cc2)C(O)C(O)[C@@H]1O. The van der Waals surface area contributed by atoms with E-state index in [4.69, 9.17) is 47.9 Å². The normalized spacial score (nSPS) is 31.2. The van der Waals surface area contributed by atoms with Gasteiger partial charge in [-0.3, -0.25) is 0 Å². The molecule has 12 unspecified atom stereocenters. The second-order valence-electron chi connectivity index (χ2n) is 23.9. The summed E-state index contributed by atoms with van der Waals surface area (Å²) in [5, 5.41) is 167. The summed E-state index contributed by atoms with van der Waals surface area (Å²) in [5.41, 5.74) is 8.73. The van der Waals surface area contributed by atoms with E-state index in [0.29, 0.717) is 89.4 Å². The summed E-state index contributed by atoms with van der Waals surface area (Å²) in [6.45, 7) is -2.65. The zero-order chi connectivity index (χ0) is 67.4. The molecule has 0 saturated carbocycles. The van der Waals surface area contributed by atoms with Gasteiger partial charge in [0.1, 0.15) is 121 Å². The quantitative estimate of drug-likeness (QED) is 0.0607. The molecule has 3 aromatic heterocycles. The summed E-state index contributed by atoms with van der Waals surface area (Å²) in [6, 6.07) is 34.2. The summed E-state index contributed by atoms with van der Waals surface area (Å²) < 4.78 is 46.6. The molecule has 6 aliphatic heterocycles. The molecular weight excluding hydrogens is 1260 g/mol. The maximum atomic E-state index is 10.8. The molecule has 0 aliphatic carbocycles. The van der Waals surface area contributed by atoms with Crippen LogP contribution in [-0.4, -0.2) is 251 Å². The maximum absolute atomic E-state index is 10.8. The fraction of sp³-hybridized carbons (Fsp3) is 0.353. The standard InChI is InChI=1S/C68H70N4O24/c73-25-45-53(77)57(81)61(85)65(93-45)89-33-9-1-29(2-10-33)49-37-17-19-39(69-37)50(30-3-11-34(12-4-30)90-66-62(86)58(82)54(78)46(26-74)94-66)41-21-23-43(71-41)52(32-7-15-36(16-8-32)92-68-64(88)60(84)56(80)48(28-76)96-68)44-24-22-42(72-44)51(40-20-18-38(49)70-40)31-5-13-35(14-6-31)91-67-63(87)59(83)55(79)47(27-75)95-67/h1-24,45-48,53-69,72-88H,25-28H2/t45-,46?,47?,48?,53?,54-,55-,56-,57?,58?,59?,60?,61-,62?,63?,64?,65?,66-,67-,68-/m1/s1. The molecule has 28 heteroatoms. The van der Waals surface area contributed by atoms with E-state index in [0.717, 1.165) is 0 Å². The summed E-state index contributed by atoms with van der Waals surface area (Å²) >= 11 is 0. The van der Waals surface area contributed by atoms with Crippen molar-refractivity contribution >= 4 is 46.4 Å². The van der Waals surface area contributed by atoms with Crippen LogP contribution in [0.5, 0.6) is 23.0 Å². The van der Waals surface area contributed by atoms with E-state index in [1.54, 1.807) is 97.1 Å². The van der Waals surface area contributed by atoms with Gasteiger partial charge in [-0.05, 0) is 119 Å². The largest absolute Gasteiger partial charge is 0.462 e. The zero-order valence-corrected chi connectivity index (χ0v) is 50.5. The molecule has 4 aromatic carbocycles. The monoisotopic (exact) mass is 1330 g/mol. The molecule has 4 saturated heterocycles. The number of nitrogens with zero attached hydrogens (tertiary/aromatic N) is 2. The van der Waals surface area contributed by atoms with Gasteiger partial charge in [-0.15, -0.1) is 0 Å². The molecule has 9 heterocycles. The number of aromatic nitrogens is 4. The second-order valence-corrected chi connectivity index (χ2v) is 23.9. The highest BCUT2D eigenvalue weighted by Gasteiger charge is 2.48. The predicted molar refractivity (Wildman–Crippen MR) is 338 cm³/mol. The highest BCUT2D eigenvalue weighted by molar-refractivity contribution is 6.00. The summed E-state index contributed by atoms with van der Waals surface area (Å²) in [4.78, 5) is 18.0. The highest BCUT2D eigenvalue weighted by Crippen LogP contribution is 2.41. The average molecular weight is 1330 g/mol. The number of aromatic amines is 2. The lowest BCUT2D eigenvalue weighted by atomic mass is 9.99. The first-order valence-electron chi connectivity index (χ1n) is 30.8. The smallest absolute Gasteiger partial charge is 0.229 e. The molecule has 13 rings (SSSR count). The van der Waals surface area contributed by atoms with Gasteiger partial charge >= 0.3 is 0 Å². The van der Waals surface area contributed by atoms with E-state index in [1.165, 1.54) is 0 Å². The molecule has 0 amide bonds. The van der Waals surface area contributed by atoms with Crippen LogP contribution in [0.1, 0.15) is 22.8 Å². The van der Waals surface area contributed by atoms with E-state index in [9.17, 15) is 81.7 Å². The summed E-state index contributed by atoms with van der Waals surface area (Å²) in [7, 11) is 0. The molecule has 18 N–H and O–H groups in total.